The first kappa shape index (κ1) is 30.7. The first-order valence-corrected chi connectivity index (χ1v) is 26.1. The van der Waals surface area contributed by atoms with Gasteiger partial charge in [0.15, 0.2) is 0 Å². The number of nitrogens with zero attached hydrogens (tertiary/aromatic N) is 4. The van der Waals surface area contributed by atoms with E-state index in [0.29, 0.717) is 17.3 Å². The third kappa shape index (κ3) is 9.59. The molecule has 10 aromatic carbocycles. The Morgan fingerprint density at radius 3 is 1.80 bits per heavy atom. The van der Waals surface area contributed by atoms with Crippen LogP contribution in [0, 0.1) is 20.0 Å². The molecule has 394 valence electrons. The maximum atomic E-state index is 10.5. The fourth-order valence-electron chi connectivity index (χ4n) is 10.4. The van der Waals surface area contributed by atoms with Crippen molar-refractivity contribution in [1.82, 2.24) is 14.1 Å². The third-order valence-electron chi connectivity index (χ3n) is 14.3. The zero-order valence-electron chi connectivity index (χ0n) is 68.9. The predicted molar refractivity (Wildman–Crippen MR) is 336 cm³/mol. The van der Waals surface area contributed by atoms with Crippen LogP contribution in [0.25, 0.3) is 106 Å². The average molecular weight is 1070 g/mol. The summed E-state index contributed by atoms with van der Waals surface area (Å²) in [6.07, 6.45) is 5.26. The highest BCUT2D eigenvalue weighted by Crippen LogP contribution is 2.43. The van der Waals surface area contributed by atoms with Crippen molar-refractivity contribution in [2.24, 2.45) is 0 Å². The Hall–Kier alpha value is -9.58. The van der Waals surface area contributed by atoms with Crippen LogP contribution in [-0.4, -0.2) is 14.1 Å². The topological polar surface area (TPSA) is 35.9 Å². The van der Waals surface area contributed by atoms with Crippen LogP contribution in [-0.2, 0) is 10.8 Å². The van der Waals surface area contributed by atoms with E-state index in [1.165, 1.54) is 34.9 Å². The molecule has 5 nitrogen and oxygen atoms in total. The fourth-order valence-corrected chi connectivity index (χ4v) is 10.4. The lowest BCUT2D eigenvalue weighted by molar-refractivity contribution is -0.572. The molecule has 0 unspecified atom stereocenters. The van der Waals surface area contributed by atoms with Crippen LogP contribution >= 0.6 is 0 Å². The summed E-state index contributed by atoms with van der Waals surface area (Å²) in [6.45, 7) is 5.94. The molecule has 81 heavy (non-hydrogen) atoms. The number of imidazole rings is 1. The van der Waals surface area contributed by atoms with Gasteiger partial charge in [-0.15, -0.1) is 0 Å². The summed E-state index contributed by atoms with van der Waals surface area (Å²) < 4.78 is 230. The number of aromatic nitrogens is 4. The van der Waals surface area contributed by atoms with Gasteiger partial charge in [-0.1, -0.05) is 193 Å². The lowest BCUT2D eigenvalue weighted by Gasteiger charge is -2.28. The number of rotatable bonds is 10. The summed E-state index contributed by atoms with van der Waals surface area (Å²) in [5.74, 6) is 1.37. The van der Waals surface area contributed by atoms with E-state index in [-0.39, 0.29) is 72.4 Å². The number of benzene rings is 10. The number of hydrogen-bond acceptors (Lipinski definition) is 2. The van der Waals surface area contributed by atoms with E-state index >= 15 is 0 Å². The van der Waals surface area contributed by atoms with Crippen molar-refractivity contribution in [3.8, 4) is 84.3 Å². The smallest absolute Gasteiger partial charge is 0.269 e. The molecule has 0 bridgehead atoms. The minimum Gasteiger partial charge on any atom is -0.458 e. The minimum absolute atomic E-state index is 0.0152. The number of hydrogen-bond donors (Lipinski definition) is 0. The van der Waals surface area contributed by atoms with Crippen LogP contribution < -0.4 is 9.30 Å². The van der Waals surface area contributed by atoms with Gasteiger partial charge in [0.2, 0.25) is 0 Å². The molecule has 3 aromatic heterocycles. The van der Waals surface area contributed by atoms with Gasteiger partial charge in [0.25, 0.3) is 6.33 Å². The van der Waals surface area contributed by atoms with Gasteiger partial charge in [-0.05, 0) is 181 Å². The van der Waals surface area contributed by atoms with Crippen molar-refractivity contribution < 1.29 is 42.2 Å². The van der Waals surface area contributed by atoms with Gasteiger partial charge in [0.1, 0.15) is 17.3 Å². The molecule has 13 rings (SSSR count). The van der Waals surface area contributed by atoms with Crippen LogP contribution in [0.1, 0.15) is 96.7 Å². The molecule has 0 saturated heterocycles. The van der Waals surface area contributed by atoms with Crippen molar-refractivity contribution in [3.63, 3.8) is 0 Å². The Balaban J connectivity index is 1.17. The standard InChI is InChI=1S/C76H64N4O/c1-50-22-20-23-51(2)73(50)55-34-37-69-71(45-55)78(61-30-21-31-62(47-61)81-63-35-36-65-64-32-18-19-33-68(64)80(70(65)48-63)72-46-60(38-39-77-72)75(3,4)5)49-79(69)74-66(43-58(44-67(74)76(6,7)8)54-28-16-11-17-29-54)59-41-56(52-24-12-9-13-25-52)40-57(42-59)53-26-14-10-15-27-53/h9-48H,1-8H3/i1D3,2D3,9D,10D,11D,12D,13D,14D,15D,16D,17D,24D,25D,26D,27D,28D,29D,40D,41D,42D. The summed E-state index contributed by atoms with van der Waals surface area (Å²) in [4.78, 5) is 4.84. The Labute approximate surface area is 509 Å². The molecule has 0 spiro atoms. The Bertz CT molecular complexity index is 5660. The highest BCUT2D eigenvalue weighted by Gasteiger charge is 2.28. The Morgan fingerprint density at radius 1 is 0.506 bits per heavy atom. The second-order valence-corrected chi connectivity index (χ2v) is 21.7. The molecule has 0 aliphatic rings. The van der Waals surface area contributed by atoms with Gasteiger partial charge >= 0.3 is 0 Å². The summed E-state index contributed by atoms with van der Waals surface area (Å²) in [6, 6.07) is 20.8. The summed E-state index contributed by atoms with van der Waals surface area (Å²) >= 11 is 0. The maximum absolute atomic E-state index is 10.5. The average Bonchev–Trinajstić information content (AvgIpc) is 1.48. The van der Waals surface area contributed by atoms with E-state index < -0.39 is 156 Å². The fraction of sp³-hybridized carbons (Fsp3) is 0.132. The van der Waals surface area contributed by atoms with Gasteiger partial charge in [0.05, 0.1) is 58.1 Å². The van der Waals surface area contributed by atoms with Crippen LogP contribution in [0.4, 0.5) is 0 Å². The molecule has 0 aliphatic carbocycles. The Kier molecular flexibility index (Phi) is 7.68. The largest absolute Gasteiger partial charge is 0.458 e. The molecular weight excluding hydrogens is 985 g/mol. The first-order valence-electron chi connectivity index (χ1n) is 38.1. The second kappa shape index (κ2) is 20.3. The summed E-state index contributed by atoms with van der Waals surface area (Å²) in [5, 5.41) is 1.89. The summed E-state index contributed by atoms with van der Waals surface area (Å²) in [5.41, 5.74) is -2.66. The van der Waals surface area contributed by atoms with E-state index in [1.54, 1.807) is 74.0 Å². The molecule has 0 radical (unpaired) electrons. The quantitative estimate of drug-likeness (QED) is 0.101. The second-order valence-electron chi connectivity index (χ2n) is 21.7. The zero-order valence-corrected chi connectivity index (χ0v) is 44.9. The van der Waals surface area contributed by atoms with Crippen molar-refractivity contribution >= 4 is 32.8 Å². The number of fused-ring (bicyclic) bond motifs is 4. The molecule has 3 heterocycles. The molecule has 0 aliphatic heterocycles. The van der Waals surface area contributed by atoms with Crippen LogP contribution in [0.3, 0.4) is 0 Å². The zero-order chi connectivity index (χ0) is 76.2. The SMILES string of the molecule is [2H]c1c([2H])c([2H])c(-c2cc(-c3c([2H])c(-c4c([2H])c([2H])c([2H])c([2H])c4[2H])c([2H])c(-c4c([2H])c([2H])c([2H])c([2H])c4[2H])c3[2H])c(-[n+]3[c-]n(-c4cccc(Oc5ccc6c7ccccc7n(-c7cc(C(C)(C)C)ccn7)c6c5)c4)c4cc(-c5c(C([2H])([2H])[2H])cccc5C([2H])([2H])[2H])ccc43)c(C(C)(C)C)c2)c([2H])c1[2H]. The van der Waals surface area contributed by atoms with Gasteiger partial charge < -0.3 is 4.74 Å². The van der Waals surface area contributed by atoms with Gasteiger partial charge in [-0.2, -0.15) is 0 Å². The predicted octanol–water partition coefficient (Wildman–Crippen LogP) is 19.5. The number of para-hydroxylation sites is 1. The minimum atomic E-state index is -2.87. The molecule has 0 atom stereocenters. The van der Waals surface area contributed by atoms with Gasteiger partial charge in [-0.3, -0.25) is 13.7 Å². The van der Waals surface area contributed by atoms with E-state index in [1.807, 2.05) is 48.5 Å². The van der Waals surface area contributed by atoms with E-state index in [0.717, 1.165) is 27.4 Å². The van der Waals surface area contributed by atoms with Crippen LogP contribution in [0.5, 0.6) is 11.5 Å². The van der Waals surface area contributed by atoms with Crippen LogP contribution in [0.15, 0.2) is 242 Å². The van der Waals surface area contributed by atoms with Gasteiger partial charge in [0, 0.05) is 31.3 Å². The van der Waals surface area contributed by atoms with Crippen molar-refractivity contribution in [2.75, 3.05) is 0 Å². The highest BCUT2D eigenvalue weighted by atomic mass is 16.5. The van der Waals surface area contributed by atoms with Crippen molar-refractivity contribution in [3.05, 3.63) is 271 Å². The lowest BCUT2D eigenvalue weighted by Crippen LogP contribution is -2.35. The van der Waals surface area contributed by atoms with E-state index in [2.05, 4.69) is 37.7 Å². The highest BCUT2D eigenvalue weighted by molar-refractivity contribution is 6.09. The first-order chi connectivity index (χ1) is 49.1. The summed E-state index contributed by atoms with van der Waals surface area (Å²) in [7, 11) is 0. The molecular formula is C76H64N4O. The molecule has 13 aromatic rings. The molecule has 0 amide bonds. The van der Waals surface area contributed by atoms with Crippen molar-refractivity contribution in [1.29, 1.82) is 0 Å². The van der Waals surface area contributed by atoms with Gasteiger partial charge in [-0.25, -0.2) is 4.98 Å². The van der Waals surface area contributed by atoms with Crippen molar-refractivity contribution in [2.45, 2.75) is 66.1 Å². The lowest BCUT2D eigenvalue weighted by atomic mass is 9.80. The number of ether oxygens (including phenoxy) is 1. The normalized spacial score (nSPS) is 16.5. The molecule has 0 fully saturated rings. The third-order valence-corrected chi connectivity index (χ3v) is 14.3. The number of pyridine rings is 1. The maximum Gasteiger partial charge on any atom is 0.269 e. The molecule has 5 heteroatoms. The van der Waals surface area contributed by atoms with E-state index in [9.17, 15) is 12.3 Å². The Morgan fingerprint density at radius 2 is 1.14 bits per heavy atom. The molecule has 0 N–H and O–H groups in total. The monoisotopic (exact) mass is 1070 g/mol. The molecule has 0 saturated carbocycles. The number of aryl methyl sites for hydroxylation is 2. The van der Waals surface area contributed by atoms with Crippen LogP contribution in [0.2, 0.25) is 0 Å². The van der Waals surface area contributed by atoms with E-state index in [4.69, 9.17) is 30.3 Å².